The maximum absolute atomic E-state index is 12.7. The lowest BCUT2D eigenvalue weighted by Gasteiger charge is -2.25. The number of carbonyl (C=O) groups is 3. The first-order valence-electron chi connectivity index (χ1n) is 8.17. The Labute approximate surface area is 154 Å². The molecule has 0 bridgehead atoms. The van der Waals surface area contributed by atoms with E-state index in [1.807, 2.05) is 0 Å². The van der Waals surface area contributed by atoms with Crippen molar-refractivity contribution < 1.29 is 24.0 Å². The second kappa shape index (κ2) is 7.36. The van der Waals surface area contributed by atoms with Crippen LogP contribution in [0.25, 0.3) is 0 Å². The number of ether oxygens (including phenoxy) is 1. The Hall–Kier alpha value is -3.55. The molecule has 3 rings (SSSR count). The van der Waals surface area contributed by atoms with E-state index in [-0.39, 0.29) is 17.5 Å². The second-order valence-electron chi connectivity index (χ2n) is 6.01. The van der Waals surface area contributed by atoms with Crippen molar-refractivity contribution >= 4 is 18.1 Å². The third-order valence-corrected chi connectivity index (χ3v) is 4.56. The van der Waals surface area contributed by atoms with Crippen LogP contribution < -0.4 is 4.74 Å². The SMILES string of the molecule is COc1ccc([C@H](CC=O)[C@@H](N2C(=O)c3ccccc3C2=O)[N+](=O)[O-])cc1. The molecule has 0 unspecified atom stereocenters. The molecule has 1 aliphatic rings. The lowest BCUT2D eigenvalue weighted by atomic mass is 9.92. The van der Waals surface area contributed by atoms with Gasteiger partial charge in [-0.3, -0.25) is 19.7 Å². The van der Waals surface area contributed by atoms with E-state index < -0.39 is 28.8 Å². The average molecular weight is 368 g/mol. The summed E-state index contributed by atoms with van der Waals surface area (Å²) in [5.74, 6) is -1.91. The fraction of sp³-hybridized carbons (Fsp3) is 0.211. The number of hydrogen-bond donors (Lipinski definition) is 0. The lowest BCUT2D eigenvalue weighted by Crippen LogP contribution is -2.48. The van der Waals surface area contributed by atoms with E-state index in [1.54, 1.807) is 36.4 Å². The highest BCUT2D eigenvalue weighted by atomic mass is 16.6. The molecule has 2 amide bonds. The maximum atomic E-state index is 12.7. The zero-order valence-electron chi connectivity index (χ0n) is 14.4. The molecule has 2 aromatic carbocycles. The number of fused-ring (bicyclic) bond motifs is 1. The normalized spacial score (nSPS) is 15.2. The van der Waals surface area contributed by atoms with Gasteiger partial charge in [0.05, 0.1) is 24.2 Å². The molecule has 0 saturated heterocycles. The Bertz CT molecular complexity index is 874. The molecule has 0 saturated carbocycles. The summed E-state index contributed by atoms with van der Waals surface area (Å²) in [6.07, 6.45) is -1.37. The summed E-state index contributed by atoms with van der Waals surface area (Å²) in [5, 5.41) is 11.9. The Morgan fingerprint density at radius 1 is 1.07 bits per heavy atom. The number of carbonyl (C=O) groups excluding carboxylic acids is 3. The van der Waals surface area contributed by atoms with E-state index in [1.165, 1.54) is 19.2 Å². The van der Waals surface area contributed by atoms with Crippen LogP contribution in [0.1, 0.15) is 38.6 Å². The zero-order valence-corrected chi connectivity index (χ0v) is 14.4. The molecule has 1 heterocycles. The quantitative estimate of drug-likeness (QED) is 0.321. The van der Waals surface area contributed by atoms with Crippen LogP contribution in [0.5, 0.6) is 5.75 Å². The summed E-state index contributed by atoms with van der Waals surface area (Å²) < 4.78 is 5.07. The molecule has 8 nitrogen and oxygen atoms in total. The number of imide groups is 1. The van der Waals surface area contributed by atoms with Gasteiger partial charge in [0.1, 0.15) is 12.0 Å². The molecule has 0 radical (unpaired) electrons. The summed E-state index contributed by atoms with van der Waals surface area (Å²) in [6, 6.07) is 12.5. The Morgan fingerprint density at radius 3 is 2.07 bits per heavy atom. The number of benzene rings is 2. The molecule has 0 aromatic heterocycles. The fourth-order valence-corrected chi connectivity index (χ4v) is 3.25. The van der Waals surface area contributed by atoms with Crippen LogP contribution in [0.15, 0.2) is 48.5 Å². The highest BCUT2D eigenvalue weighted by Gasteiger charge is 2.49. The van der Waals surface area contributed by atoms with Gasteiger partial charge in [-0.15, -0.1) is 0 Å². The monoisotopic (exact) mass is 368 g/mol. The van der Waals surface area contributed by atoms with Gasteiger partial charge in [0.2, 0.25) is 0 Å². The zero-order chi connectivity index (χ0) is 19.6. The van der Waals surface area contributed by atoms with E-state index in [2.05, 4.69) is 0 Å². The van der Waals surface area contributed by atoms with Gasteiger partial charge in [0, 0.05) is 11.3 Å². The van der Waals surface area contributed by atoms with Crippen LogP contribution in [0, 0.1) is 10.1 Å². The maximum Gasteiger partial charge on any atom is 0.303 e. The standard InChI is InChI=1S/C19H16N2O6/c1-27-13-8-6-12(7-9-13)14(10-11-22)17(21(25)26)20-18(23)15-4-2-3-5-16(15)19(20)24/h2-9,11,14,17H,10H2,1H3/t14-,17-/m0/s1. The van der Waals surface area contributed by atoms with E-state index >= 15 is 0 Å². The molecule has 2 atom stereocenters. The summed E-state index contributed by atoms with van der Waals surface area (Å²) in [7, 11) is 1.48. The van der Waals surface area contributed by atoms with Crippen molar-refractivity contribution in [2.45, 2.75) is 18.5 Å². The molecule has 0 aliphatic carbocycles. The van der Waals surface area contributed by atoms with E-state index in [0.29, 0.717) is 22.5 Å². The number of amides is 2. The molecule has 2 aromatic rings. The van der Waals surface area contributed by atoms with Crippen molar-refractivity contribution in [1.82, 2.24) is 4.90 Å². The fourth-order valence-electron chi connectivity index (χ4n) is 3.25. The van der Waals surface area contributed by atoms with E-state index in [0.717, 1.165) is 0 Å². The third kappa shape index (κ3) is 3.17. The highest BCUT2D eigenvalue weighted by molar-refractivity contribution is 6.21. The Morgan fingerprint density at radius 2 is 1.63 bits per heavy atom. The van der Waals surface area contributed by atoms with Crippen LogP contribution in [0.4, 0.5) is 0 Å². The first-order chi connectivity index (χ1) is 13.0. The highest BCUT2D eigenvalue weighted by Crippen LogP contribution is 2.33. The molecule has 0 N–H and O–H groups in total. The van der Waals surface area contributed by atoms with Gasteiger partial charge in [0.15, 0.2) is 0 Å². The minimum atomic E-state index is -1.70. The van der Waals surface area contributed by atoms with Gasteiger partial charge in [-0.25, -0.2) is 4.90 Å². The first-order valence-corrected chi connectivity index (χ1v) is 8.17. The van der Waals surface area contributed by atoms with Crippen LogP contribution in [0.3, 0.4) is 0 Å². The van der Waals surface area contributed by atoms with Crippen LogP contribution in [0.2, 0.25) is 0 Å². The molecule has 1 aliphatic heterocycles. The summed E-state index contributed by atoms with van der Waals surface area (Å²) >= 11 is 0. The summed E-state index contributed by atoms with van der Waals surface area (Å²) in [5.41, 5.74) is 0.698. The topological polar surface area (TPSA) is 107 Å². The van der Waals surface area contributed by atoms with Gasteiger partial charge in [-0.05, 0) is 29.8 Å². The molecule has 0 spiro atoms. The van der Waals surface area contributed by atoms with Crippen molar-refractivity contribution in [1.29, 1.82) is 0 Å². The second-order valence-corrected chi connectivity index (χ2v) is 6.01. The van der Waals surface area contributed by atoms with Crippen LogP contribution >= 0.6 is 0 Å². The molecule has 0 fully saturated rings. The Kier molecular flexibility index (Phi) is 4.98. The largest absolute Gasteiger partial charge is 0.497 e. The van der Waals surface area contributed by atoms with Gasteiger partial charge < -0.3 is 9.53 Å². The van der Waals surface area contributed by atoms with Gasteiger partial charge in [-0.1, -0.05) is 24.3 Å². The van der Waals surface area contributed by atoms with Gasteiger partial charge in [-0.2, -0.15) is 0 Å². The molecule has 8 heteroatoms. The van der Waals surface area contributed by atoms with Crippen molar-refractivity contribution in [3.05, 3.63) is 75.3 Å². The molecule has 138 valence electrons. The predicted octanol–water partition coefficient (Wildman–Crippen LogP) is 2.27. The molecular weight excluding hydrogens is 352 g/mol. The predicted molar refractivity (Wildman–Crippen MR) is 94.1 cm³/mol. The minimum absolute atomic E-state index is 0.119. The minimum Gasteiger partial charge on any atom is -0.497 e. The van der Waals surface area contributed by atoms with Crippen molar-refractivity contribution in [3.63, 3.8) is 0 Å². The van der Waals surface area contributed by atoms with Crippen molar-refractivity contribution in [3.8, 4) is 5.75 Å². The van der Waals surface area contributed by atoms with E-state index in [4.69, 9.17) is 4.74 Å². The molecule has 27 heavy (non-hydrogen) atoms. The van der Waals surface area contributed by atoms with Crippen LogP contribution in [-0.4, -0.2) is 41.2 Å². The number of rotatable bonds is 7. The summed E-state index contributed by atoms with van der Waals surface area (Å²) in [6.45, 7) is 0. The van der Waals surface area contributed by atoms with E-state index in [9.17, 15) is 24.5 Å². The average Bonchev–Trinajstić information content (AvgIpc) is 2.93. The summed E-state index contributed by atoms with van der Waals surface area (Å²) in [4.78, 5) is 48.4. The van der Waals surface area contributed by atoms with Gasteiger partial charge in [0.25, 0.3) is 11.8 Å². The number of nitrogens with zero attached hydrogens (tertiary/aromatic N) is 2. The Balaban J connectivity index is 2.05. The smallest absolute Gasteiger partial charge is 0.303 e. The first kappa shape index (κ1) is 18.2. The van der Waals surface area contributed by atoms with Crippen molar-refractivity contribution in [2.75, 3.05) is 7.11 Å². The van der Waals surface area contributed by atoms with Crippen LogP contribution in [-0.2, 0) is 4.79 Å². The number of hydrogen-bond acceptors (Lipinski definition) is 6. The van der Waals surface area contributed by atoms with Gasteiger partial charge >= 0.3 is 6.17 Å². The molecular formula is C19H16N2O6. The third-order valence-electron chi connectivity index (χ3n) is 4.56. The van der Waals surface area contributed by atoms with Crippen molar-refractivity contribution in [2.24, 2.45) is 0 Å². The number of methoxy groups -OCH3 is 1. The number of aldehydes is 1. The lowest BCUT2D eigenvalue weighted by molar-refractivity contribution is -0.545. The number of nitro groups is 1.